The van der Waals surface area contributed by atoms with Crippen molar-refractivity contribution in [1.29, 1.82) is 0 Å². The molecule has 0 amide bonds. The van der Waals surface area contributed by atoms with E-state index < -0.39 is 0 Å². The number of hydrogen-bond donors (Lipinski definition) is 1. The molecule has 1 heterocycles. The van der Waals surface area contributed by atoms with E-state index in [0.29, 0.717) is 12.0 Å². The van der Waals surface area contributed by atoms with Crippen molar-refractivity contribution in [2.75, 3.05) is 19.7 Å². The Morgan fingerprint density at radius 1 is 1.73 bits per heavy atom. The second-order valence-corrected chi connectivity index (χ2v) is 3.30. The first-order valence-electron chi connectivity index (χ1n) is 4.25. The summed E-state index contributed by atoms with van der Waals surface area (Å²) in [5.41, 5.74) is 0. The van der Waals surface area contributed by atoms with E-state index in [1.165, 1.54) is 6.42 Å². The molecule has 0 spiro atoms. The highest BCUT2D eigenvalue weighted by Crippen LogP contribution is 2.22. The van der Waals surface area contributed by atoms with Crippen LogP contribution < -0.4 is 0 Å². The molecule has 1 aliphatic rings. The standard InChI is InChI=1S/C9H17NO/c1-3-5-10-6-4-8(2)9(10)7-11/h3,8-9,11H,1,4-7H2,2H3. The van der Waals surface area contributed by atoms with Gasteiger partial charge < -0.3 is 5.11 Å². The number of hydrogen-bond acceptors (Lipinski definition) is 2. The van der Waals surface area contributed by atoms with Gasteiger partial charge in [-0.3, -0.25) is 4.90 Å². The molecule has 2 atom stereocenters. The topological polar surface area (TPSA) is 23.5 Å². The van der Waals surface area contributed by atoms with Crippen molar-refractivity contribution in [3.05, 3.63) is 12.7 Å². The van der Waals surface area contributed by atoms with Gasteiger partial charge in [-0.1, -0.05) is 13.0 Å². The summed E-state index contributed by atoms with van der Waals surface area (Å²) in [5, 5.41) is 9.06. The summed E-state index contributed by atoms with van der Waals surface area (Å²) < 4.78 is 0. The molecule has 0 aromatic rings. The monoisotopic (exact) mass is 155 g/mol. The van der Waals surface area contributed by atoms with Gasteiger partial charge in [0.05, 0.1) is 6.61 Å². The lowest BCUT2D eigenvalue weighted by molar-refractivity contribution is 0.149. The first-order chi connectivity index (χ1) is 5.29. The van der Waals surface area contributed by atoms with Crippen LogP contribution in [0.25, 0.3) is 0 Å². The Bertz CT molecular complexity index is 136. The second kappa shape index (κ2) is 3.88. The average molecular weight is 155 g/mol. The third kappa shape index (κ3) is 1.82. The van der Waals surface area contributed by atoms with E-state index in [9.17, 15) is 0 Å². The molecule has 1 rings (SSSR count). The number of nitrogens with zero attached hydrogens (tertiary/aromatic N) is 1. The SMILES string of the molecule is C=CCN1CCC(C)C1CO. The second-order valence-electron chi connectivity index (χ2n) is 3.30. The predicted octanol–water partition coefficient (Wildman–Crippen LogP) is 0.875. The maximum atomic E-state index is 9.06. The summed E-state index contributed by atoms with van der Waals surface area (Å²) in [4.78, 5) is 2.29. The highest BCUT2D eigenvalue weighted by molar-refractivity contribution is 4.87. The van der Waals surface area contributed by atoms with Crippen LogP contribution in [0, 0.1) is 5.92 Å². The summed E-state index contributed by atoms with van der Waals surface area (Å²) >= 11 is 0. The van der Waals surface area contributed by atoms with Crippen LogP contribution in [0.1, 0.15) is 13.3 Å². The summed E-state index contributed by atoms with van der Waals surface area (Å²) in [6, 6.07) is 0.369. The summed E-state index contributed by atoms with van der Waals surface area (Å²) in [6.07, 6.45) is 3.11. The molecule has 0 radical (unpaired) electrons. The third-order valence-corrected chi connectivity index (χ3v) is 2.55. The van der Waals surface area contributed by atoms with Crippen LogP contribution in [0.15, 0.2) is 12.7 Å². The molecule has 0 aromatic heterocycles. The zero-order valence-corrected chi connectivity index (χ0v) is 7.16. The van der Waals surface area contributed by atoms with E-state index in [1.54, 1.807) is 0 Å². The van der Waals surface area contributed by atoms with E-state index in [1.807, 2.05) is 6.08 Å². The highest BCUT2D eigenvalue weighted by atomic mass is 16.3. The molecule has 0 saturated carbocycles. The van der Waals surface area contributed by atoms with Crippen LogP contribution >= 0.6 is 0 Å². The van der Waals surface area contributed by atoms with Crippen molar-refractivity contribution in [2.45, 2.75) is 19.4 Å². The first kappa shape index (κ1) is 8.75. The Hall–Kier alpha value is -0.340. The number of rotatable bonds is 3. The van der Waals surface area contributed by atoms with Crippen LogP contribution in [0.3, 0.4) is 0 Å². The fraction of sp³-hybridized carbons (Fsp3) is 0.778. The maximum absolute atomic E-state index is 9.06. The summed E-state index contributed by atoms with van der Waals surface area (Å²) in [6.45, 7) is 8.20. The van der Waals surface area contributed by atoms with Crippen LogP contribution in [0.4, 0.5) is 0 Å². The van der Waals surface area contributed by atoms with Gasteiger partial charge in [-0.25, -0.2) is 0 Å². The number of aliphatic hydroxyl groups excluding tert-OH is 1. The minimum absolute atomic E-state index is 0.287. The van der Waals surface area contributed by atoms with Crippen LogP contribution in [-0.2, 0) is 0 Å². The normalized spacial score (nSPS) is 32.5. The third-order valence-electron chi connectivity index (χ3n) is 2.55. The van der Waals surface area contributed by atoms with Gasteiger partial charge in [-0.15, -0.1) is 6.58 Å². The Morgan fingerprint density at radius 2 is 2.45 bits per heavy atom. The van der Waals surface area contributed by atoms with E-state index in [0.717, 1.165) is 13.1 Å². The molecular formula is C9H17NO. The number of aliphatic hydroxyl groups is 1. The first-order valence-corrected chi connectivity index (χ1v) is 4.25. The van der Waals surface area contributed by atoms with Gasteiger partial charge in [-0.05, 0) is 18.9 Å². The van der Waals surface area contributed by atoms with Gasteiger partial charge in [0.25, 0.3) is 0 Å². The quantitative estimate of drug-likeness (QED) is 0.611. The molecule has 1 N–H and O–H groups in total. The minimum atomic E-state index is 0.287. The van der Waals surface area contributed by atoms with E-state index >= 15 is 0 Å². The molecule has 0 aliphatic carbocycles. The Balaban J connectivity index is 2.46. The van der Waals surface area contributed by atoms with Gasteiger partial charge in [0.1, 0.15) is 0 Å². The molecule has 11 heavy (non-hydrogen) atoms. The lowest BCUT2D eigenvalue weighted by Gasteiger charge is -2.23. The largest absolute Gasteiger partial charge is 0.395 e. The lowest BCUT2D eigenvalue weighted by Crippen LogP contribution is -2.35. The highest BCUT2D eigenvalue weighted by Gasteiger charge is 2.28. The molecule has 1 fully saturated rings. The smallest absolute Gasteiger partial charge is 0.0589 e. The van der Waals surface area contributed by atoms with Crippen molar-refractivity contribution in [3.63, 3.8) is 0 Å². The minimum Gasteiger partial charge on any atom is -0.395 e. The van der Waals surface area contributed by atoms with Crippen molar-refractivity contribution < 1.29 is 5.11 Å². The molecule has 0 aromatic carbocycles. The number of likely N-dealkylation sites (tertiary alicyclic amines) is 1. The maximum Gasteiger partial charge on any atom is 0.0589 e. The average Bonchev–Trinajstić information content (AvgIpc) is 2.33. The zero-order valence-electron chi connectivity index (χ0n) is 7.16. The molecule has 2 heteroatoms. The molecule has 2 nitrogen and oxygen atoms in total. The molecule has 2 unspecified atom stereocenters. The molecule has 1 aliphatic heterocycles. The Labute approximate surface area is 68.5 Å². The Morgan fingerprint density at radius 3 is 3.00 bits per heavy atom. The molecule has 0 bridgehead atoms. The Kier molecular flexibility index (Phi) is 3.09. The van der Waals surface area contributed by atoms with E-state index in [-0.39, 0.29) is 6.61 Å². The lowest BCUT2D eigenvalue weighted by atomic mass is 10.0. The fourth-order valence-electron chi connectivity index (χ4n) is 1.78. The molecular weight excluding hydrogens is 138 g/mol. The van der Waals surface area contributed by atoms with Crippen molar-refractivity contribution in [3.8, 4) is 0 Å². The molecule has 64 valence electrons. The van der Waals surface area contributed by atoms with Gasteiger partial charge in [0, 0.05) is 12.6 Å². The van der Waals surface area contributed by atoms with E-state index in [4.69, 9.17) is 5.11 Å². The van der Waals surface area contributed by atoms with Gasteiger partial charge >= 0.3 is 0 Å². The molecule has 1 saturated heterocycles. The summed E-state index contributed by atoms with van der Waals surface area (Å²) in [7, 11) is 0. The van der Waals surface area contributed by atoms with Crippen molar-refractivity contribution in [1.82, 2.24) is 4.90 Å². The predicted molar refractivity (Wildman–Crippen MR) is 46.4 cm³/mol. The van der Waals surface area contributed by atoms with Gasteiger partial charge in [0.2, 0.25) is 0 Å². The van der Waals surface area contributed by atoms with Crippen molar-refractivity contribution in [2.24, 2.45) is 5.92 Å². The fourth-order valence-corrected chi connectivity index (χ4v) is 1.78. The van der Waals surface area contributed by atoms with Crippen LogP contribution in [-0.4, -0.2) is 35.7 Å². The zero-order chi connectivity index (χ0) is 8.27. The van der Waals surface area contributed by atoms with Gasteiger partial charge in [0.15, 0.2) is 0 Å². The van der Waals surface area contributed by atoms with Crippen LogP contribution in [0.5, 0.6) is 0 Å². The van der Waals surface area contributed by atoms with E-state index in [2.05, 4.69) is 18.4 Å². The summed E-state index contributed by atoms with van der Waals surface area (Å²) in [5.74, 6) is 0.639. The van der Waals surface area contributed by atoms with Crippen LogP contribution in [0.2, 0.25) is 0 Å². The van der Waals surface area contributed by atoms with Gasteiger partial charge in [-0.2, -0.15) is 0 Å². The van der Waals surface area contributed by atoms with Crippen molar-refractivity contribution >= 4 is 0 Å².